The zero-order chi connectivity index (χ0) is 13.3. The summed E-state index contributed by atoms with van der Waals surface area (Å²) in [5.74, 6) is 1.87. The highest BCUT2D eigenvalue weighted by Crippen LogP contribution is 2.46. The van der Waals surface area contributed by atoms with E-state index in [1.807, 2.05) is 6.07 Å². The monoisotopic (exact) mass is 279 g/mol. The molecular weight excluding hydrogens is 258 g/mol. The molecule has 1 saturated heterocycles. The molecule has 3 rings (SSSR count). The number of rotatable bonds is 2. The topological polar surface area (TPSA) is 29.0 Å². The van der Waals surface area contributed by atoms with Gasteiger partial charge in [-0.15, -0.1) is 0 Å². The van der Waals surface area contributed by atoms with Gasteiger partial charge in [0.1, 0.15) is 16.8 Å². The summed E-state index contributed by atoms with van der Waals surface area (Å²) in [5.41, 5.74) is 0.654. The number of aromatic nitrogens is 2. The Hall–Kier alpha value is -0.830. The lowest BCUT2D eigenvalue weighted by molar-refractivity contribution is 0.226. The van der Waals surface area contributed by atoms with Crippen LogP contribution in [0.3, 0.4) is 0 Å². The van der Waals surface area contributed by atoms with Crippen molar-refractivity contribution in [1.82, 2.24) is 9.97 Å². The minimum absolute atomic E-state index is 0.572. The normalized spacial score (nSPS) is 22.1. The summed E-state index contributed by atoms with van der Waals surface area (Å²) in [7, 11) is 0. The van der Waals surface area contributed by atoms with Crippen LogP contribution in [0.4, 0.5) is 5.82 Å². The molecule has 0 aromatic carbocycles. The van der Waals surface area contributed by atoms with E-state index >= 15 is 0 Å². The summed E-state index contributed by atoms with van der Waals surface area (Å²) in [4.78, 5) is 11.3. The highest BCUT2D eigenvalue weighted by molar-refractivity contribution is 6.29. The van der Waals surface area contributed by atoms with Gasteiger partial charge in [-0.1, -0.05) is 31.4 Å². The average molecular weight is 280 g/mol. The quantitative estimate of drug-likeness (QED) is 0.770. The second-order valence-electron chi connectivity index (χ2n) is 6.01. The van der Waals surface area contributed by atoms with E-state index in [0.29, 0.717) is 10.6 Å². The number of aryl methyl sites for hydroxylation is 1. The molecule has 0 unspecified atom stereocenters. The van der Waals surface area contributed by atoms with Crippen LogP contribution in [-0.2, 0) is 6.42 Å². The Balaban J connectivity index is 1.72. The van der Waals surface area contributed by atoms with Crippen molar-refractivity contribution in [2.45, 2.75) is 51.9 Å². The molecule has 2 fully saturated rings. The first kappa shape index (κ1) is 13.2. The molecule has 1 aromatic heterocycles. The van der Waals surface area contributed by atoms with E-state index in [2.05, 4.69) is 21.8 Å². The Labute approximate surface area is 120 Å². The minimum Gasteiger partial charge on any atom is -0.356 e. The third-order valence-corrected chi connectivity index (χ3v) is 5.05. The molecule has 1 saturated carbocycles. The van der Waals surface area contributed by atoms with E-state index in [9.17, 15) is 0 Å². The smallest absolute Gasteiger partial charge is 0.134 e. The van der Waals surface area contributed by atoms with Crippen molar-refractivity contribution in [3.8, 4) is 0 Å². The molecular formula is C15H22ClN3. The molecule has 1 spiro atoms. The van der Waals surface area contributed by atoms with E-state index in [1.165, 1.54) is 38.5 Å². The lowest BCUT2D eigenvalue weighted by atomic mass is 9.77. The summed E-state index contributed by atoms with van der Waals surface area (Å²) in [6, 6.07) is 1.91. The number of piperidine rings is 1. The molecule has 2 heterocycles. The van der Waals surface area contributed by atoms with Crippen LogP contribution < -0.4 is 4.90 Å². The van der Waals surface area contributed by atoms with Gasteiger partial charge >= 0.3 is 0 Å². The summed E-state index contributed by atoms with van der Waals surface area (Å²) in [6.45, 7) is 4.31. The second kappa shape index (κ2) is 5.28. The van der Waals surface area contributed by atoms with Crippen molar-refractivity contribution >= 4 is 17.4 Å². The van der Waals surface area contributed by atoms with Gasteiger partial charge in [0, 0.05) is 25.6 Å². The van der Waals surface area contributed by atoms with Crippen molar-refractivity contribution in [3.63, 3.8) is 0 Å². The first-order valence-corrected chi connectivity index (χ1v) is 7.87. The van der Waals surface area contributed by atoms with Gasteiger partial charge < -0.3 is 4.90 Å². The van der Waals surface area contributed by atoms with Gasteiger partial charge in [-0.3, -0.25) is 0 Å². The third kappa shape index (κ3) is 2.71. The molecule has 0 bridgehead atoms. The molecule has 3 nitrogen and oxygen atoms in total. The predicted molar refractivity (Wildman–Crippen MR) is 78.8 cm³/mol. The fourth-order valence-electron chi connectivity index (χ4n) is 3.61. The number of anilines is 1. The van der Waals surface area contributed by atoms with Crippen molar-refractivity contribution in [2.24, 2.45) is 5.41 Å². The molecule has 0 N–H and O–H groups in total. The fraction of sp³-hybridized carbons (Fsp3) is 0.733. The largest absolute Gasteiger partial charge is 0.356 e. The number of hydrogen-bond acceptors (Lipinski definition) is 3. The molecule has 2 aliphatic rings. The lowest BCUT2D eigenvalue weighted by Crippen LogP contribution is -2.39. The van der Waals surface area contributed by atoms with Crippen LogP contribution >= 0.6 is 11.6 Å². The summed E-state index contributed by atoms with van der Waals surface area (Å²) < 4.78 is 0. The Kier molecular flexibility index (Phi) is 3.66. The molecule has 4 heteroatoms. The molecule has 0 atom stereocenters. The number of halogens is 1. The standard InChI is InChI=1S/C15H22ClN3/c1-2-13-17-12(16)11-14(18-13)19-9-7-15(8-10-19)5-3-4-6-15/h11H,2-10H2,1H3. The number of hydrogen-bond donors (Lipinski definition) is 0. The third-order valence-electron chi connectivity index (χ3n) is 4.86. The number of nitrogens with zero attached hydrogens (tertiary/aromatic N) is 3. The van der Waals surface area contributed by atoms with Gasteiger partial charge in [0.2, 0.25) is 0 Å². The highest BCUT2D eigenvalue weighted by atomic mass is 35.5. The van der Waals surface area contributed by atoms with Gasteiger partial charge in [-0.25, -0.2) is 9.97 Å². The van der Waals surface area contributed by atoms with E-state index in [1.54, 1.807) is 0 Å². The molecule has 19 heavy (non-hydrogen) atoms. The Morgan fingerprint density at radius 1 is 1.16 bits per heavy atom. The highest BCUT2D eigenvalue weighted by Gasteiger charge is 2.37. The Morgan fingerprint density at radius 3 is 2.47 bits per heavy atom. The molecule has 1 aromatic rings. The predicted octanol–water partition coefficient (Wildman–Crippen LogP) is 3.85. The van der Waals surface area contributed by atoms with Crippen molar-refractivity contribution < 1.29 is 0 Å². The van der Waals surface area contributed by atoms with Gasteiger partial charge in [-0.05, 0) is 31.1 Å². The maximum Gasteiger partial charge on any atom is 0.134 e. The van der Waals surface area contributed by atoms with Crippen molar-refractivity contribution in [2.75, 3.05) is 18.0 Å². The van der Waals surface area contributed by atoms with Crippen LogP contribution in [0, 0.1) is 5.41 Å². The van der Waals surface area contributed by atoms with E-state index in [0.717, 1.165) is 31.2 Å². The summed E-state index contributed by atoms with van der Waals surface area (Å²) >= 11 is 6.09. The lowest BCUT2D eigenvalue weighted by Gasteiger charge is -2.40. The van der Waals surface area contributed by atoms with Gasteiger partial charge in [0.25, 0.3) is 0 Å². The van der Waals surface area contributed by atoms with Crippen LogP contribution in [-0.4, -0.2) is 23.1 Å². The maximum absolute atomic E-state index is 6.09. The van der Waals surface area contributed by atoms with Crippen LogP contribution in [0.15, 0.2) is 6.07 Å². The van der Waals surface area contributed by atoms with Crippen LogP contribution in [0.25, 0.3) is 0 Å². The maximum atomic E-state index is 6.09. The average Bonchev–Trinajstić information content (AvgIpc) is 2.87. The summed E-state index contributed by atoms with van der Waals surface area (Å²) in [6.07, 6.45) is 9.20. The Bertz CT molecular complexity index is 445. The van der Waals surface area contributed by atoms with Crippen molar-refractivity contribution in [1.29, 1.82) is 0 Å². The first-order chi connectivity index (χ1) is 9.21. The molecule has 104 valence electrons. The van der Waals surface area contributed by atoms with Gasteiger partial charge in [-0.2, -0.15) is 0 Å². The molecule has 0 amide bonds. The summed E-state index contributed by atoms with van der Waals surface area (Å²) in [5, 5.41) is 0.572. The van der Waals surface area contributed by atoms with E-state index < -0.39 is 0 Å². The van der Waals surface area contributed by atoms with E-state index in [4.69, 9.17) is 11.6 Å². The van der Waals surface area contributed by atoms with Crippen LogP contribution in [0.5, 0.6) is 0 Å². The van der Waals surface area contributed by atoms with Gasteiger partial charge in [0.15, 0.2) is 0 Å². The SMILES string of the molecule is CCc1nc(Cl)cc(N2CCC3(CCCC3)CC2)n1. The second-order valence-corrected chi connectivity index (χ2v) is 6.40. The van der Waals surface area contributed by atoms with Crippen LogP contribution in [0.2, 0.25) is 5.15 Å². The minimum atomic E-state index is 0.572. The zero-order valence-electron chi connectivity index (χ0n) is 11.7. The zero-order valence-corrected chi connectivity index (χ0v) is 12.4. The molecule has 1 aliphatic carbocycles. The molecule has 1 aliphatic heterocycles. The fourth-order valence-corrected chi connectivity index (χ4v) is 3.80. The Morgan fingerprint density at radius 2 is 1.84 bits per heavy atom. The van der Waals surface area contributed by atoms with Crippen molar-refractivity contribution in [3.05, 3.63) is 17.0 Å². The van der Waals surface area contributed by atoms with Gasteiger partial charge in [0.05, 0.1) is 0 Å². The first-order valence-electron chi connectivity index (χ1n) is 7.49. The van der Waals surface area contributed by atoms with E-state index in [-0.39, 0.29) is 0 Å². The molecule has 0 radical (unpaired) electrons. The van der Waals surface area contributed by atoms with Crippen LogP contribution in [0.1, 0.15) is 51.3 Å².